The zero-order valence-electron chi connectivity index (χ0n) is 13.0. The third-order valence-corrected chi connectivity index (χ3v) is 4.27. The van der Waals surface area contributed by atoms with E-state index in [1.165, 1.54) is 36.7 Å². The van der Waals surface area contributed by atoms with Crippen molar-refractivity contribution in [3.63, 3.8) is 0 Å². The van der Waals surface area contributed by atoms with Gasteiger partial charge in [-0.05, 0) is 42.0 Å². The summed E-state index contributed by atoms with van der Waals surface area (Å²) in [6.07, 6.45) is -2.15. The monoisotopic (exact) mass is 425 g/mol. The Labute approximate surface area is 154 Å². The van der Waals surface area contributed by atoms with Crippen LogP contribution in [0, 0.1) is 0 Å². The molecule has 1 unspecified atom stereocenters. The summed E-state index contributed by atoms with van der Waals surface area (Å²) in [5.41, 5.74) is -1.55. The average Bonchev–Trinajstić information content (AvgIpc) is 2.61. The van der Waals surface area contributed by atoms with Crippen LogP contribution in [0.4, 0.5) is 18.0 Å². The number of allylic oxidation sites excluding steroid dienone is 1. The van der Waals surface area contributed by atoms with Crippen LogP contribution in [0.2, 0.25) is 0 Å². The Bertz CT molecular complexity index is 880. The van der Waals surface area contributed by atoms with Crippen molar-refractivity contribution in [2.75, 3.05) is 0 Å². The van der Waals surface area contributed by atoms with Crippen LogP contribution in [-0.4, -0.2) is 23.0 Å². The van der Waals surface area contributed by atoms with E-state index in [9.17, 15) is 22.8 Å². The Hall–Kier alpha value is -2.68. The van der Waals surface area contributed by atoms with Gasteiger partial charge in [0.05, 0.1) is 11.6 Å². The van der Waals surface area contributed by atoms with E-state index < -0.39 is 35.3 Å². The number of carbonyl (C=O) groups is 2. The van der Waals surface area contributed by atoms with Crippen molar-refractivity contribution in [1.29, 1.82) is 0 Å². The number of Topliss-reactive ketones (excluding diaryl/α,β-unsaturated/α-hetero) is 1. The van der Waals surface area contributed by atoms with Crippen LogP contribution in [0.1, 0.15) is 22.0 Å². The van der Waals surface area contributed by atoms with Crippen molar-refractivity contribution in [2.24, 2.45) is 0 Å². The van der Waals surface area contributed by atoms with E-state index in [0.29, 0.717) is 10.0 Å². The van der Waals surface area contributed by atoms with Gasteiger partial charge in [-0.2, -0.15) is 13.2 Å². The van der Waals surface area contributed by atoms with Gasteiger partial charge in [0.2, 0.25) is 0 Å². The first-order valence-corrected chi connectivity index (χ1v) is 8.15. The normalized spacial score (nSPS) is 17.5. The van der Waals surface area contributed by atoms with Gasteiger partial charge in [0.15, 0.2) is 5.78 Å². The van der Waals surface area contributed by atoms with Crippen LogP contribution < -0.4 is 10.6 Å². The minimum absolute atomic E-state index is 0.0713. The van der Waals surface area contributed by atoms with Crippen LogP contribution in [0.15, 0.2) is 64.5 Å². The highest BCUT2D eigenvalue weighted by Crippen LogP contribution is 2.36. The van der Waals surface area contributed by atoms with Crippen LogP contribution in [0.25, 0.3) is 0 Å². The average molecular weight is 426 g/mol. The quantitative estimate of drug-likeness (QED) is 0.732. The van der Waals surface area contributed by atoms with E-state index in [4.69, 9.17) is 0 Å². The van der Waals surface area contributed by atoms with Gasteiger partial charge in [-0.15, -0.1) is 0 Å². The summed E-state index contributed by atoms with van der Waals surface area (Å²) in [6.45, 7) is 0. The zero-order chi connectivity index (χ0) is 18.9. The standard InChI is InChI=1S/C17H11BrF3N3O2/c18-11-3-1-10(2-4-11)14(25)12-13(9-5-7-22-8-6-9)23-16(26)24-15(12)17(19,20)21/h1-8,13H,(H2,23,24,26). The van der Waals surface area contributed by atoms with E-state index in [1.807, 2.05) is 0 Å². The number of carbonyl (C=O) groups excluding carboxylic acids is 2. The molecule has 2 amide bonds. The van der Waals surface area contributed by atoms with Crippen LogP contribution in [-0.2, 0) is 0 Å². The minimum atomic E-state index is -4.90. The number of benzene rings is 1. The summed E-state index contributed by atoms with van der Waals surface area (Å²) in [5.74, 6) is -0.834. The first kappa shape index (κ1) is 18.1. The van der Waals surface area contributed by atoms with Gasteiger partial charge in [-0.25, -0.2) is 4.79 Å². The molecule has 0 bridgehead atoms. The van der Waals surface area contributed by atoms with Crippen molar-refractivity contribution < 1.29 is 22.8 Å². The lowest BCUT2D eigenvalue weighted by atomic mass is 9.89. The summed E-state index contributed by atoms with van der Waals surface area (Å²) in [4.78, 5) is 28.5. The van der Waals surface area contributed by atoms with Crippen LogP contribution >= 0.6 is 15.9 Å². The Kier molecular flexibility index (Phi) is 4.82. The van der Waals surface area contributed by atoms with Gasteiger partial charge in [0.1, 0.15) is 5.70 Å². The van der Waals surface area contributed by atoms with Crippen molar-refractivity contribution in [1.82, 2.24) is 15.6 Å². The topological polar surface area (TPSA) is 71.1 Å². The number of hydrogen-bond acceptors (Lipinski definition) is 3. The minimum Gasteiger partial charge on any atom is -0.327 e. The summed E-state index contributed by atoms with van der Waals surface area (Å²) >= 11 is 3.21. The Morgan fingerprint density at radius 1 is 1.08 bits per heavy atom. The van der Waals surface area contributed by atoms with E-state index >= 15 is 0 Å². The number of nitrogens with one attached hydrogen (secondary N) is 2. The number of urea groups is 1. The highest BCUT2D eigenvalue weighted by Gasteiger charge is 2.45. The summed E-state index contributed by atoms with van der Waals surface area (Å²) < 4.78 is 41.2. The van der Waals surface area contributed by atoms with E-state index in [-0.39, 0.29) is 5.56 Å². The number of ketones is 1. The van der Waals surface area contributed by atoms with Gasteiger partial charge < -0.3 is 10.6 Å². The predicted molar refractivity (Wildman–Crippen MR) is 90.2 cm³/mol. The number of hydrogen-bond donors (Lipinski definition) is 2. The molecule has 2 N–H and O–H groups in total. The summed E-state index contributed by atoms with van der Waals surface area (Å²) in [6, 6.07) is 6.53. The molecule has 0 radical (unpaired) electrons. The molecular formula is C17H11BrF3N3O2. The number of halogens is 4. The van der Waals surface area contributed by atoms with Crippen LogP contribution in [0.5, 0.6) is 0 Å². The number of rotatable bonds is 3. The second-order valence-electron chi connectivity index (χ2n) is 5.43. The second kappa shape index (κ2) is 6.91. The SMILES string of the molecule is O=C1NC(C(F)(F)F)=C(C(=O)c2ccc(Br)cc2)C(c2ccncc2)N1. The number of pyridine rings is 1. The molecule has 0 aliphatic carbocycles. The third-order valence-electron chi connectivity index (χ3n) is 3.75. The molecule has 2 heterocycles. The smallest absolute Gasteiger partial charge is 0.327 e. The van der Waals surface area contributed by atoms with Crippen molar-refractivity contribution in [3.8, 4) is 0 Å². The zero-order valence-corrected chi connectivity index (χ0v) is 14.6. The Morgan fingerprint density at radius 3 is 2.27 bits per heavy atom. The maximum Gasteiger partial charge on any atom is 0.431 e. The molecule has 9 heteroatoms. The fraction of sp³-hybridized carbons (Fsp3) is 0.118. The fourth-order valence-corrected chi connectivity index (χ4v) is 2.86. The molecule has 0 spiro atoms. The van der Waals surface area contributed by atoms with Gasteiger partial charge in [0, 0.05) is 22.4 Å². The predicted octanol–water partition coefficient (Wildman–Crippen LogP) is 3.90. The first-order chi connectivity index (χ1) is 12.3. The molecule has 1 aromatic heterocycles. The molecule has 2 aromatic rings. The largest absolute Gasteiger partial charge is 0.431 e. The van der Waals surface area contributed by atoms with E-state index in [2.05, 4.69) is 26.2 Å². The second-order valence-corrected chi connectivity index (χ2v) is 6.35. The summed E-state index contributed by atoms with van der Waals surface area (Å²) in [7, 11) is 0. The number of nitrogens with zero attached hydrogens (tertiary/aromatic N) is 1. The fourth-order valence-electron chi connectivity index (χ4n) is 2.60. The molecule has 134 valence electrons. The number of amides is 2. The first-order valence-electron chi connectivity index (χ1n) is 7.36. The van der Waals surface area contributed by atoms with Gasteiger partial charge >= 0.3 is 12.2 Å². The number of alkyl halides is 3. The maximum absolute atomic E-state index is 13.5. The lowest BCUT2D eigenvalue weighted by Crippen LogP contribution is -2.49. The molecular weight excluding hydrogens is 415 g/mol. The molecule has 3 rings (SSSR count). The molecule has 0 saturated heterocycles. The highest BCUT2D eigenvalue weighted by molar-refractivity contribution is 9.10. The van der Waals surface area contributed by atoms with Crippen molar-refractivity contribution in [3.05, 3.63) is 75.7 Å². The molecule has 1 aliphatic rings. The van der Waals surface area contributed by atoms with E-state index in [0.717, 1.165) is 0 Å². The van der Waals surface area contributed by atoms with Crippen molar-refractivity contribution in [2.45, 2.75) is 12.2 Å². The van der Waals surface area contributed by atoms with Crippen LogP contribution in [0.3, 0.4) is 0 Å². The third kappa shape index (κ3) is 3.62. The lowest BCUT2D eigenvalue weighted by Gasteiger charge is -2.30. The summed E-state index contributed by atoms with van der Waals surface area (Å²) in [5, 5.41) is 4.11. The molecule has 5 nitrogen and oxygen atoms in total. The van der Waals surface area contributed by atoms with Gasteiger partial charge in [0.25, 0.3) is 0 Å². The Morgan fingerprint density at radius 2 is 1.69 bits per heavy atom. The van der Waals surface area contributed by atoms with Gasteiger partial charge in [-0.1, -0.05) is 15.9 Å². The molecule has 0 saturated carbocycles. The maximum atomic E-state index is 13.5. The highest BCUT2D eigenvalue weighted by atomic mass is 79.9. The molecule has 26 heavy (non-hydrogen) atoms. The molecule has 1 aliphatic heterocycles. The van der Waals surface area contributed by atoms with Crippen molar-refractivity contribution >= 4 is 27.7 Å². The molecule has 1 atom stereocenters. The Balaban J connectivity index is 2.18. The molecule has 1 aromatic carbocycles. The van der Waals surface area contributed by atoms with E-state index in [1.54, 1.807) is 17.4 Å². The number of aromatic nitrogens is 1. The molecule has 0 fully saturated rings. The van der Waals surface area contributed by atoms with Gasteiger partial charge in [-0.3, -0.25) is 9.78 Å². The lowest BCUT2D eigenvalue weighted by molar-refractivity contribution is -0.0972.